The third-order valence-corrected chi connectivity index (χ3v) is 5.45. The van der Waals surface area contributed by atoms with Crippen LogP contribution in [0, 0.1) is 0 Å². The Kier molecular flexibility index (Phi) is 4.05. The first-order chi connectivity index (χ1) is 11.2. The molecule has 0 atom stereocenters. The standard InChI is InChI=1S/C16H12BrClN4S/c17-12-3-1-11(2-4-12)15-19-20-16-22(15)9-21(10-23-16)14-7-5-13(18)6-8-14/h1-8H,9-10H2. The average molecular weight is 408 g/mol. The fraction of sp³-hybridized carbons (Fsp3) is 0.125. The second-order valence-electron chi connectivity index (χ2n) is 5.17. The van der Waals surface area contributed by atoms with Crippen LogP contribution < -0.4 is 4.90 Å². The molecule has 3 aromatic rings. The first-order valence-corrected chi connectivity index (χ1v) is 9.19. The molecule has 0 fully saturated rings. The largest absolute Gasteiger partial charge is 0.344 e. The van der Waals surface area contributed by atoms with Gasteiger partial charge in [0.15, 0.2) is 11.0 Å². The van der Waals surface area contributed by atoms with Gasteiger partial charge in [-0.1, -0.05) is 51.4 Å². The lowest BCUT2D eigenvalue weighted by Gasteiger charge is -2.29. The van der Waals surface area contributed by atoms with E-state index in [1.165, 1.54) is 0 Å². The van der Waals surface area contributed by atoms with Crippen LogP contribution in [0.25, 0.3) is 11.4 Å². The van der Waals surface area contributed by atoms with Crippen molar-refractivity contribution in [2.24, 2.45) is 0 Å². The van der Waals surface area contributed by atoms with Crippen LogP contribution in [-0.2, 0) is 6.67 Å². The highest BCUT2D eigenvalue weighted by atomic mass is 79.9. The van der Waals surface area contributed by atoms with E-state index in [-0.39, 0.29) is 0 Å². The predicted molar refractivity (Wildman–Crippen MR) is 97.8 cm³/mol. The molecule has 0 aliphatic carbocycles. The van der Waals surface area contributed by atoms with Crippen LogP contribution >= 0.6 is 39.3 Å². The van der Waals surface area contributed by atoms with Crippen molar-refractivity contribution >= 4 is 45.0 Å². The minimum atomic E-state index is 0.725. The molecule has 2 aromatic carbocycles. The van der Waals surface area contributed by atoms with Gasteiger partial charge in [-0.05, 0) is 36.4 Å². The van der Waals surface area contributed by atoms with Gasteiger partial charge in [-0.3, -0.25) is 4.57 Å². The van der Waals surface area contributed by atoms with Gasteiger partial charge in [0.2, 0.25) is 0 Å². The molecular weight excluding hydrogens is 396 g/mol. The van der Waals surface area contributed by atoms with Gasteiger partial charge < -0.3 is 4.90 Å². The van der Waals surface area contributed by atoms with Gasteiger partial charge in [0.25, 0.3) is 0 Å². The smallest absolute Gasteiger partial charge is 0.194 e. The highest BCUT2D eigenvalue weighted by Crippen LogP contribution is 2.32. The van der Waals surface area contributed by atoms with Crippen molar-refractivity contribution < 1.29 is 0 Å². The Hall–Kier alpha value is -1.50. The van der Waals surface area contributed by atoms with Crippen molar-refractivity contribution in [3.05, 3.63) is 58.0 Å². The monoisotopic (exact) mass is 406 g/mol. The molecule has 1 aliphatic rings. The van der Waals surface area contributed by atoms with E-state index in [1.54, 1.807) is 11.8 Å². The summed E-state index contributed by atoms with van der Waals surface area (Å²) in [6.07, 6.45) is 0. The Bertz CT molecular complexity index is 832. The first-order valence-electron chi connectivity index (χ1n) is 7.03. The van der Waals surface area contributed by atoms with Crippen LogP contribution in [0.3, 0.4) is 0 Å². The number of rotatable bonds is 2. The Morgan fingerprint density at radius 3 is 2.48 bits per heavy atom. The second kappa shape index (κ2) is 6.19. The van der Waals surface area contributed by atoms with Crippen LogP contribution in [0.4, 0.5) is 5.69 Å². The molecule has 7 heteroatoms. The Morgan fingerprint density at radius 2 is 1.74 bits per heavy atom. The lowest BCUT2D eigenvalue weighted by molar-refractivity contribution is 0.608. The number of hydrogen-bond donors (Lipinski definition) is 0. The Balaban J connectivity index is 1.67. The molecule has 1 aliphatic heterocycles. The van der Waals surface area contributed by atoms with Gasteiger partial charge in [0.05, 0.1) is 12.5 Å². The minimum absolute atomic E-state index is 0.725. The number of fused-ring (bicyclic) bond motifs is 1. The molecule has 0 saturated heterocycles. The van der Waals surface area contributed by atoms with E-state index in [0.29, 0.717) is 0 Å². The summed E-state index contributed by atoms with van der Waals surface area (Å²) in [5.41, 5.74) is 2.20. The topological polar surface area (TPSA) is 34.0 Å². The van der Waals surface area contributed by atoms with Gasteiger partial charge in [0, 0.05) is 20.7 Å². The zero-order chi connectivity index (χ0) is 15.8. The van der Waals surface area contributed by atoms with Crippen molar-refractivity contribution in [3.63, 3.8) is 0 Å². The van der Waals surface area contributed by atoms with E-state index >= 15 is 0 Å². The summed E-state index contributed by atoms with van der Waals surface area (Å²) >= 11 is 11.1. The first kappa shape index (κ1) is 15.1. The van der Waals surface area contributed by atoms with Gasteiger partial charge in [-0.2, -0.15) is 0 Å². The highest BCUT2D eigenvalue weighted by molar-refractivity contribution is 9.10. The minimum Gasteiger partial charge on any atom is -0.344 e. The van der Waals surface area contributed by atoms with Crippen LogP contribution in [0.2, 0.25) is 5.02 Å². The number of benzene rings is 2. The van der Waals surface area contributed by atoms with Crippen LogP contribution in [-0.4, -0.2) is 20.6 Å². The fourth-order valence-corrected chi connectivity index (χ4v) is 3.78. The number of thioether (sulfide) groups is 1. The molecule has 23 heavy (non-hydrogen) atoms. The molecule has 0 N–H and O–H groups in total. The van der Waals surface area contributed by atoms with E-state index in [4.69, 9.17) is 11.6 Å². The molecular formula is C16H12BrClN4S. The van der Waals surface area contributed by atoms with Crippen LogP contribution in [0.15, 0.2) is 58.2 Å². The van der Waals surface area contributed by atoms with E-state index in [0.717, 1.165) is 44.3 Å². The van der Waals surface area contributed by atoms with Gasteiger partial charge in [0.1, 0.15) is 0 Å². The van der Waals surface area contributed by atoms with Crippen molar-refractivity contribution in [1.82, 2.24) is 14.8 Å². The molecule has 0 saturated carbocycles. The molecule has 4 rings (SSSR count). The summed E-state index contributed by atoms with van der Waals surface area (Å²) in [5.74, 6) is 1.73. The van der Waals surface area contributed by atoms with Gasteiger partial charge >= 0.3 is 0 Å². The maximum atomic E-state index is 5.98. The Labute approximate surface area is 151 Å². The molecule has 0 radical (unpaired) electrons. The zero-order valence-corrected chi connectivity index (χ0v) is 15.1. The van der Waals surface area contributed by atoms with Crippen LogP contribution in [0.5, 0.6) is 0 Å². The maximum Gasteiger partial charge on any atom is 0.194 e. The summed E-state index contributed by atoms with van der Waals surface area (Å²) in [5, 5.41) is 10.4. The van der Waals surface area contributed by atoms with Gasteiger partial charge in [-0.15, -0.1) is 10.2 Å². The quantitative estimate of drug-likeness (QED) is 0.606. The summed E-state index contributed by atoms with van der Waals surface area (Å²) in [6, 6.07) is 16.0. The van der Waals surface area contributed by atoms with E-state index in [9.17, 15) is 0 Å². The third-order valence-electron chi connectivity index (χ3n) is 3.67. The summed E-state index contributed by atoms with van der Waals surface area (Å²) in [7, 11) is 0. The molecule has 2 heterocycles. The SMILES string of the molecule is Clc1ccc(N2CSc3nnc(-c4ccc(Br)cc4)n3C2)cc1. The zero-order valence-electron chi connectivity index (χ0n) is 12.0. The molecule has 116 valence electrons. The van der Waals surface area contributed by atoms with Crippen molar-refractivity contribution in [2.75, 3.05) is 10.8 Å². The third kappa shape index (κ3) is 2.98. The molecule has 0 spiro atoms. The average Bonchev–Trinajstić information content (AvgIpc) is 2.99. The number of anilines is 1. The van der Waals surface area contributed by atoms with Crippen LogP contribution in [0.1, 0.15) is 0 Å². The van der Waals surface area contributed by atoms with E-state index in [1.807, 2.05) is 48.5 Å². The number of halogens is 2. The number of aromatic nitrogens is 3. The van der Waals surface area contributed by atoms with E-state index in [2.05, 4.69) is 35.6 Å². The summed E-state index contributed by atoms with van der Waals surface area (Å²) in [6.45, 7) is 0.725. The molecule has 0 bridgehead atoms. The predicted octanol–water partition coefficient (Wildman–Crippen LogP) is 4.89. The van der Waals surface area contributed by atoms with Crippen molar-refractivity contribution in [2.45, 2.75) is 11.8 Å². The Morgan fingerprint density at radius 1 is 1.00 bits per heavy atom. The molecule has 1 aromatic heterocycles. The summed E-state index contributed by atoms with van der Waals surface area (Å²) in [4.78, 5) is 2.28. The lowest BCUT2D eigenvalue weighted by atomic mass is 10.2. The fourth-order valence-electron chi connectivity index (χ4n) is 2.49. The maximum absolute atomic E-state index is 5.98. The molecule has 0 unspecified atom stereocenters. The second-order valence-corrected chi connectivity index (χ2v) is 7.44. The molecule has 0 amide bonds. The molecule has 4 nitrogen and oxygen atoms in total. The van der Waals surface area contributed by atoms with Crippen molar-refractivity contribution in [1.29, 1.82) is 0 Å². The number of nitrogens with zero attached hydrogens (tertiary/aromatic N) is 4. The normalized spacial score (nSPS) is 13.9. The highest BCUT2D eigenvalue weighted by Gasteiger charge is 2.22. The van der Waals surface area contributed by atoms with E-state index < -0.39 is 0 Å². The summed E-state index contributed by atoms with van der Waals surface area (Å²) < 4.78 is 3.20. The van der Waals surface area contributed by atoms with Gasteiger partial charge in [-0.25, -0.2) is 0 Å². The number of hydrogen-bond acceptors (Lipinski definition) is 4. The lowest BCUT2D eigenvalue weighted by Crippen LogP contribution is -2.30. The van der Waals surface area contributed by atoms with Crippen molar-refractivity contribution in [3.8, 4) is 11.4 Å².